The molecule has 0 unspecified atom stereocenters. The van der Waals surface area contributed by atoms with Gasteiger partial charge in [-0.05, 0) is 12.1 Å². The molecule has 4 heteroatoms. The van der Waals surface area contributed by atoms with Crippen molar-refractivity contribution in [2.24, 2.45) is 0 Å². The molecule has 0 aromatic heterocycles. The first-order chi connectivity index (χ1) is 5.24. The molecule has 0 radical (unpaired) electrons. The van der Waals surface area contributed by atoms with Gasteiger partial charge in [-0.3, -0.25) is 4.79 Å². The van der Waals surface area contributed by atoms with Gasteiger partial charge in [0.25, 0.3) is 0 Å². The van der Waals surface area contributed by atoms with Gasteiger partial charge < -0.3 is 0 Å². The Morgan fingerprint density at radius 3 is 2.67 bits per heavy atom. The maximum absolute atomic E-state index is 11.1. The molecule has 0 N–H and O–H groups in total. The van der Waals surface area contributed by atoms with E-state index in [9.17, 15) is 4.79 Å². The van der Waals surface area contributed by atoms with Crippen molar-refractivity contribution in [2.45, 2.75) is 0 Å². The second kappa shape index (κ2) is 5.73. The molecule has 0 aliphatic heterocycles. The van der Waals surface area contributed by atoms with Crippen LogP contribution in [0.5, 0.6) is 0 Å². The van der Waals surface area contributed by atoms with Crippen LogP contribution in [0.3, 0.4) is 0 Å². The molecule has 0 heterocycles. The van der Waals surface area contributed by atoms with Gasteiger partial charge in [0.15, 0.2) is 5.78 Å². The molecule has 0 amide bonds. The molecule has 1 rings (SSSR count). The first kappa shape index (κ1) is 12.1. The van der Waals surface area contributed by atoms with E-state index in [0.717, 1.165) is 0 Å². The second-order valence-corrected chi connectivity index (χ2v) is 3.06. The van der Waals surface area contributed by atoms with Gasteiger partial charge in [-0.1, -0.05) is 39.7 Å². The summed E-state index contributed by atoms with van der Waals surface area (Å²) >= 11 is 8.76. The third kappa shape index (κ3) is 3.25. The number of hydrogen-bond acceptors (Lipinski definition) is 1. The number of carbonyl (C=O) groups is 1. The highest BCUT2D eigenvalue weighted by Crippen LogP contribution is 2.11. The molecular formula is C8H7Br2ClO. The number of ketones is 1. The Labute approximate surface area is 95.0 Å². The SMILES string of the molecule is Br.O=C(CBr)c1cccc(Cl)c1. The highest BCUT2D eigenvalue weighted by atomic mass is 79.9. The molecule has 12 heavy (non-hydrogen) atoms. The molecule has 0 aliphatic carbocycles. The fourth-order valence-electron chi connectivity index (χ4n) is 0.739. The molecule has 0 bridgehead atoms. The highest BCUT2D eigenvalue weighted by molar-refractivity contribution is 9.09. The number of halogens is 3. The topological polar surface area (TPSA) is 17.1 Å². The van der Waals surface area contributed by atoms with E-state index in [4.69, 9.17) is 11.6 Å². The number of Topliss-reactive ketones (excluding diaryl/α,β-unsaturated/α-hetero) is 1. The minimum atomic E-state index is 0. The van der Waals surface area contributed by atoms with E-state index in [-0.39, 0.29) is 22.8 Å². The van der Waals surface area contributed by atoms with Gasteiger partial charge in [0.2, 0.25) is 0 Å². The Bertz CT molecular complexity index is 276. The van der Waals surface area contributed by atoms with Crippen molar-refractivity contribution in [3.8, 4) is 0 Å². The van der Waals surface area contributed by atoms with Crippen LogP contribution in [-0.4, -0.2) is 11.1 Å². The lowest BCUT2D eigenvalue weighted by atomic mass is 10.2. The number of alkyl halides is 1. The number of benzene rings is 1. The van der Waals surface area contributed by atoms with Crippen molar-refractivity contribution in [1.82, 2.24) is 0 Å². The summed E-state index contributed by atoms with van der Waals surface area (Å²) in [6, 6.07) is 6.91. The second-order valence-electron chi connectivity index (χ2n) is 2.07. The Morgan fingerprint density at radius 1 is 1.50 bits per heavy atom. The van der Waals surface area contributed by atoms with Crippen LogP contribution in [0.2, 0.25) is 5.02 Å². The quantitative estimate of drug-likeness (QED) is 0.603. The van der Waals surface area contributed by atoms with Gasteiger partial charge in [0.1, 0.15) is 0 Å². The average Bonchev–Trinajstić information content (AvgIpc) is 2.03. The van der Waals surface area contributed by atoms with Gasteiger partial charge in [0.05, 0.1) is 5.33 Å². The molecule has 0 saturated carbocycles. The van der Waals surface area contributed by atoms with Gasteiger partial charge in [-0.2, -0.15) is 0 Å². The summed E-state index contributed by atoms with van der Waals surface area (Å²) in [5.41, 5.74) is 0.648. The van der Waals surface area contributed by atoms with E-state index < -0.39 is 0 Å². The Balaban J connectivity index is 0.00000121. The minimum Gasteiger partial charge on any atom is -0.293 e. The van der Waals surface area contributed by atoms with E-state index in [1.54, 1.807) is 24.3 Å². The molecule has 0 saturated heterocycles. The summed E-state index contributed by atoms with van der Waals surface area (Å²) in [5.74, 6) is 0.0486. The van der Waals surface area contributed by atoms with Crippen LogP contribution < -0.4 is 0 Å². The molecule has 1 nitrogen and oxygen atoms in total. The van der Waals surface area contributed by atoms with Crippen LogP contribution in [0.25, 0.3) is 0 Å². The van der Waals surface area contributed by atoms with Gasteiger partial charge in [-0.25, -0.2) is 0 Å². The van der Waals surface area contributed by atoms with Crippen LogP contribution in [0, 0.1) is 0 Å². The largest absolute Gasteiger partial charge is 0.293 e. The number of rotatable bonds is 2. The van der Waals surface area contributed by atoms with E-state index >= 15 is 0 Å². The summed E-state index contributed by atoms with van der Waals surface area (Å²) in [4.78, 5) is 11.1. The fraction of sp³-hybridized carbons (Fsp3) is 0.125. The molecular weight excluding hydrogens is 307 g/mol. The van der Waals surface area contributed by atoms with Crippen molar-refractivity contribution in [3.63, 3.8) is 0 Å². The maximum atomic E-state index is 11.1. The zero-order valence-corrected chi connectivity index (χ0v) is 10.1. The number of hydrogen-bond donors (Lipinski definition) is 0. The Morgan fingerprint density at radius 2 is 2.17 bits per heavy atom. The van der Waals surface area contributed by atoms with E-state index in [1.807, 2.05) is 0 Å². The van der Waals surface area contributed by atoms with E-state index in [1.165, 1.54) is 0 Å². The lowest BCUT2D eigenvalue weighted by molar-refractivity contribution is 0.102. The average molecular weight is 314 g/mol. The zero-order chi connectivity index (χ0) is 8.27. The predicted octanol–water partition coefficient (Wildman–Crippen LogP) is 3.50. The normalized spacial score (nSPS) is 8.83. The molecule has 0 fully saturated rings. The molecule has 0 spiro atoms. The molecule has 0 aliphatic rings. The summed E-state index contributed by atoms with van der Waals surface area (Å²) in [6.45, 7) is 0. The van der Waals surface area contributed by atoms with Crippen molar-refractivity contribution >= 4 is 50.3 Å². The predicted molar refractivity (Wildman–Crippen MR) is 59.9 cm³/mol. The van der Waals surface area contributed by atoms with Crippen LogP contribution >= 0.6 is 44.5 Å². The lowest BCUT2D eigenvalue weighted by Gasteiger charge is -1.95. The van der Waals surface area contributed by atoms with Crippen molar-refractivity contribution < 1.29 is 4.79 Å². The third-order valence-electron chi connectivity index (χ3n) is 1.27. The Hall–Kier alpha value is 0.140. The molecule has 1 aromatic carbocycles. The van der Waals surface area contributed by atoms with Crippen LogP contribution in [0.4, 0.5) is 0 Å². The van der Waals surface area contributed by atoms with Crippen LogP contribution in [0.15, 0.2) is 24.3 Å². The van der Waals surface area contributed by atoms with Gasteiger partial charge in [-0.15, -0.1) is 17.0 Å². The van der Waals surface area contributed by atoms with Crippen LogP contribution in [-0.2, 0) is 0 Å². The third-order valence-corrected chi connectivity index (χ3v) is 2.01. The maximum Gasteiger partial charge on any atom is 0.173 e. The Kier molecular flexibility index (Phi) is 5.80. The smallest absolute Gasteiger partial charge is 0.173 e. The monoisotopic (exact) mass is 312 g/mol. The summed E-state index contributed by atoms with van der Waals surface area (Å²) < 4.78 is 0. The van der Waals surface area contributed by atoms with E-state index in [0.29, 0.717) is 15.9 Å². The van der Waals surface area contributed by atoms with Crippen molar-refractivity contribution in [2.75, 3.05) is 5.33 Å². The highest BCUT2D eigenvalue weighted by Gasteiger charge is 2.02. The fourth-order valence-corrected chi connectivity index (χ4v) is 1.25. The van der Waals surface area contributed by atoms with Gasteiger partial charge >= 0.3 is 0 Å². The standard InChI is InChI=1S/C8H6BrClO.BrH/c9-5-8(11)6-2-1-3-7(10)4-6;/h1-4H,5H2;1H. The molecule has 66 valence electrons. The zero-order valence-electron chi connectivity index (χ0n) is 6.09. The summed E-state index contributed by atoms with van der Waals surface area (Å²) in [7, 11) is 0. The van der Waals surface area contributed by atoms with E-state index in [2.05, 4.69) is 15.9 Å². The summed E-state index contributed by atoms with van der Waals surface area (Å²) in [5, 5.41) is 0.935. The van der Waals surface area contributed by atoms with Crippen molar-refractivity contribution in [1.29, 1.82) is 0 Å². The first-order valence-corrected chi connectivity index (χ1v) is 4.58. The summed E-state index contributed by atoms with van der Waals surface area (Å²) in [6.07, 6.45) is 0. The minimum absolute atomic E-state index is 0. The molecule has 1 aromatic rings. The lowest BCUT2D eigenvalue weighted by Crippen LogP contribution is -1.98. The van der Waals surface area contributed by atoms with Crippen LogP contribution in [0.1, 0.15) is 10.4 Å². The molecule has 0 atom stereocenters. The first-order valence-electron chi connectivity index (χ1n) is 3.09. The van der Waals surface area contributed by atoms with Gasteiger partial charge in [0, 0.05) is 10.6 Å². The number of carbonyl (C=O) groups excluding carboxylic acids is 1. The van der Waals surface area contributed by atoms with Crippen molar-refractivity contribution in [3.05, 3.63) is 34.9 Å².